The van der Waals surface area contributed by atoms with Crippen LogP contribution in [0, 0.1) is 0 Å². The Balaban J connectivity index is 2.07. The average Bonchev–Trinajstić information content (AvgIpc) is 2.66. The normalized spacial score (nSPS) is 15.4. The molecule has 1 aromatic rings. The molecule has 0 aliphatic carbocycles. The van der Waals surface area contributed by atoms with Crippen molar-refractivity contribution in [1.29, 1.82) is 0 Å². The smallest absolute Gasteiger partial charge is 0.427 e. The van der Waals surface area contributed by atoms with Gasteiger partial charge in [-0.2, -0.15) is 5.01 Å². The lowest BCUT2D eigenvalue weighted by molar-refractivity contribution is -0.127. The summed E-state index contributed by atoms with van der Waals surface area (Å²) < 4.78 is 5.02. The first kappa shape index (κ1) is 14.8. The summed E-state index contributed by atoms with van der Waals surface area (Å²) in [6.45, 7) is 4.95. The largest absolute Gasteiger partial charge is 0.443 e. The van der Waals surface area contributed by atoms with E-state index in [1.54, 1.807) is 45.0 Å². The summed E-state index contributed by atoms with van der Waals surface area (Å²) in [4.78, 5) is 37.0. The summed E-state index contributed by atoms with van der Waals surface area (Å²) in [6.07, 6.45) is -0.848. The highest BCUT2D eigenvalue weighted by Crippen LogP contribution is 2.19. The van der Waals surface area contributed by atoms with E-state index in [1.807, 2.05) is 6.07 Å². The highest BCUT2D eigenvalue weighted by Gasteiger charge is 2.38. The van der Waals surface area contributed by atoms with Crippen LogP contribution in [-0.2, 0) is 9.53 Å². The van der Waals surface area contributed by atoms with Gasteiger partial charge in [0.1, 0.15) is 12.1 Å². The van der Waals surface area contributed by atoms with Crippen LogP contribution < -0.4 is 10.3 Å². The van der Waals surface area contributed by atoms with E-state index in [9.17, 15) is 14.4 Å². The lowest BCUT2D eigenvalue weighted by Gasteiger charge is -2.22. The molecule has 0 atom stereocenters. The highest BCUT2D eigenvalue weighted by atomic mass is 16.6. The summed E-state index contributed by atoms with van der Waals surface area (Å²) in [5, 5.41) is 0.668. The van der Waals surface area contributed by atoms with Crippen LogP contribution >= 0.6 is 0 Å². The molecule has 0 spiro atoms. The van der Waals surface area contributed by atoms with E-state index in [-0.39, 0.29) is 6.54 Å². The maximum absolute atomic E-state index is 12.2. The monoisotopic (exact) mass is 291 g/mol. The third-order valence-corrected chi connectivity index (χ3v) is 2.63. The van der Waals surface area contributed by atoms with Crippen molar-refractivity contribution < 1.29 is 19.1 Å². The molecule has 1 fully saturated rings. The predicted molar refractivity (Wildman–Crippen MR) is 75.4 cm³/mol. The first-order valence-corrected chi connectivity index (χ1v) is 6.47. The molecule has 0 saturated carbocycles. The number of nitrogens with zero attached hydrogens (tertiary/aromatic N) is 2. The van der Waals surface area contributed by atoms with E-state index in [4.69, 9.17) is 4.74 Å². The van der Waals surface area contributed by atoms with E-state index in [0.29, 0.717) is 10.7 Å². The van der Waals surface area contributed by atoms with Crippen LogP contribution in [0.15, 0.2) is 30.3 Å². The summed E-state index contributed by atoms with van der Waals surface area (Å²) in [5.74, 6) is -0.519. The molecule has 7 heteroatoms. The molecule has 1 saturated heterocycles. The van der Waals surface area contributed by atoms with Gasteiger partial charge in [-0.15, -0.1) is 0 Å². The van der Waals surface area contributed by atoms with E-state index in [1.165, 1.54) is 4.90 Å². The zero-order chi connectivity index (χ0) is 15.6. The molecule has 1 aliphatic heterocycles. The van der Waals surface area contributed by atoms with Crippen molar-refractivity contribution in [3.8, 4) is 0 Å². The van der Waals surface area contributed by atoms with Gasteiger partial charge in [-0.1, -0.05) is 18.2 Å². The van der Waals surface area contributed by atoms with Crippen molar-refractivity contribution in [2.75, 3.05) is 11.4 Å². The fraction of sp³-hybridized carbons (Fsp3) is 0.357. The molecule has 0 radical (unpaired) electrons. The van der Waals surface area contributed by atoms with E-state index < -0.39 is 23.6 Å². The number of rotatable bonds is 2. The molecule has 2 rings (SSSR count). The minimum atomic E-state index is -0.848. The molecule has 7 nitrogen and oxygen atoms in total. The zero-order valence-electron chi connectivity index (χ0n) is 12.1. The quantitative estimate of drug-likeness (QED) is 0.844. The Morgan fingerprint density at radius 3 is 2.38 bits per heavy atom. The van der Waals surface area contributed by atoms with Gasteiger partial charge in [0, 0.05) is 5.69 Å². The Labute approximate surface area is 122 Å². The van der Waals surface area contributed by atoms with Crippen LogP contribution in [0.25, 0.3) is 0 Å². The van der Waals surface area contributed by atoms with Gasteiger partial charge in [0.2, 0.25) is 0 Å². The summed E-state index contributed by atoms with van der Waals surface area (Å²) in [5.41, 5.74) is 2.04. The molecule has 1 aromatic carbocycles. The van der Waals surface area contributed by atoms with Crippen LogP contribution in [-0.4, -0.2) is 35.2 Å². The van der Waals surface area contributed by atoms with Crippen molar-refractivity contribution >= 4 is 23.7 Å². The van der Waals surface area contributed by atoms with Crippen LogP contribution in [0.5, 0.6) is 0 Å². The van der Waals surface area contributed by atoms with Crippen molar-refractivity contribution in [3.63, 3.8) is 0 Å². The van der Waals surface area contributed by atoms with Gasteiger partial charge in [0.05, 0.1) is 0 Å². The number of benzene rings is 1. The maximum atomic E-state index is 12.2. The topological polar surface area (TPSA) is 79.0 Å². The lowest BCUT2D eigenvalue weighted by Crippen LogP contribution is -2.48. The van der Waals surface area contributed by atoms with Crippen LogP contribution in [0.4, 0.5) is 15.3 Å². The Morgan fingerprint density at radius 2 is 1.81 bits per heavy atom. The van der Waals surface area contributed by atoms with Gasteiger partial charge < -0.3 is 4.74 Å². The number of carbonyl (C=O) groups is 3. The number of nitrogens with one attached hydrogen (secondary N) is 1. The molecule has 0 unspecified atom stereocenters. The second kappa shape index (κ2) is 5.43. The van der Waals surface area contributed by atoms with Crippen molar-refractivity contribution in [3.05, 3.63) is 30.3 Å². The fourth-order valence-electron chi connectivity index (χ4n) is 1.81. The number of hydrazine groups is 1. The first-order chi connectivity index (χ1) is 9.78. The Kier molecular flexibility index (Phi) is 3.84. The summed E-state index contributed by atoms with van der Waals surface area (Å²) in [6, 6.07) is 8.14. The standard InChI is InChI=1S/C14H17N3O4/c1-14(2,3)21-12(19)15-17-11(18)9-16(13(17)20)10-7-5-4-6-8-10/h4-8H,9H2,1-3H3,(H,15,19). The zero-order valence-corrected chi connectivity index (χ0v) is 12.1. The van der Waals surface area contributed by atoms with Gasteiger partial charge in [0.15, 0.2) is 0 Å². The first-order valence-electron chi connectivity index (χ1n) is 6.47. The Morgan fingerprint density at radius 1 is 1.19 bits per heavy atom. The Bertz CT molecular complexity index is 565. The molecule has 1 N–H and O–H groups in total. The third-order valence-electron chi connectivity index (χ3n) is 2.63. The average molecular weight is 291 g/mol. The number of urea groups is 1. The number of hydrogen-bond donors (Lipinski definition) is 1. The maximum Gasteiger partial charge on any atom is 0.427 e. The number of hydrogen-bond acceptors (Lipinski definition) is 4. The third kappa shape index (κ3) is 3.50. The minimum absolute atomic E-state index is 0.126. The van der Waals surface area contributed by atoms with Crippen molar-refractivity contribution in [2.24, 2.45) is 0 Å². The molecular formula is C14H17N3O4. The van der Waals surface area contributed by atoms with E-state index >= 15 is 0 Å². The molecule has 21 heavy (non-hydrogen) atoms. The second-order valence-corrected chi connectivity index (χ2v) is 5.55. The molecule has 4 amide bonds. The van der Waals surface area contributed by atoms with Crippen LogP contribution in [0.2, 0.25) is 0 Å². The highest BCUT2D eigenvalue weighted by molar-refractivity contribution is 6.12. The van der Waals surface area contributed by atoms with Gasteiger partial charge in [-0.05, 0) is 32.9 Å². The van der Waals surface area contributed by atoms with E-state index in [0.717, 1.165) is 0 Å². The van der Waals surface area contributed by atoms with Crippen molar-refractivity contribution in [2.45, 2.75) is 26.4 Å². The van der Waals surface area contributed by atoms with Crippen molar-refractivity contribution in [1.82, 2.24) is 10.4 Å². The minimum Gasteiger partial charge on any atom is -0.443 e. The van der Waals surface area contributed by atoms with Crippen LogP contribution in [0.3, 0.4) is 0 Å². The van der Waals surface area contributed by atoms with Gasteiger partial charge in [0.25, 0.3) is 5.91 Å². The van der Waals surface area contributed by atoms with Gasteiger partial charge in [-0.3, -0.25) is 9.69 Å². The molecular weight excluding hydrogens is 274 g/mol. The fourth-order valence-corrected chi connectivity index (χ4v) is 1.81. The van der Waals surface area contributed by atoms with Gasteiger partial charge >= 0.3 is 12.1 Å². The molecule has 112 valence electrons. The number of carbonyl (C=O) groups excluding carboxylic acids is 3. The molecule has 1 heterocycles. The van der Waals surface area contributed by atoms with E-state index in [2.05, 4.69) is 5.43 Å². The predicted octanol–water partition coefficient (Wildman–Crippen LogP) is 1.89. The Hall–Kier alpha value is -2.57. The second-order valence-electron chi connectivity index (χ2n) is 5.55. The van der Waals surface area contributed by atoms with Crippen LogP contribution in [0.1, 0.15) is 20.8 Å². The summed E-state index contributed by atoms with van der Waals surface area (Å²) in [7, 11) is 0. The number of para-hydroxylation sites is 1. The van der Waals surface area contributed by atoms with Gasteiger partial charge in [-0.25, -0.2) is 15.0 Å². The molecule has 1 aliphatic rings. The number of amides is 4. The molecule has 0 bridgehead atoms. The SMILES string of the molecule is CC(C)(C)OC(=O)NN1C(=O)CN(c2ccccc2)C1=O. The number of anilines is 1. The lowest BCUT2D eigenvalue weighted by atomic mass is 10.2. The summed E-state index contributed by atoms with van der Waals surface area (Å²) >= 11 is 0. The number of imide groups is 1. The molecule has 0 aromatic heterocycles. The number of ether oxygens (including phenoxy) is 1.